The monoisotopic (exact) mass is 300 g/mol. The number of aromatic nitrogens is 4. The minimum Gasteiger partial charge on any atom is -0.324 e. The van der Waals surface area contributed by atoms with Crippen molar-refractivity contribution in [2.45, 2.75) is 39.8 Å². The third kappa shape index (κ3) is 5.82. The molecule has 2 atom stereocenters. The van der Waals surface area contributed by atoms with Crippen molar-refractivity contribution in [3.8, 4) is 0 Å². The molecule has 0 spiro atoms. The van der Waals surface area contributed by atoms with Crippen LogP contribution in [-0.2, 0) is 0 Å². The van der Waals surface area contributed by atoms with Crippen molar-refractivity contribution >= 4 is 0 Å². The summed E-state index contributed by atoms with van der Waals surface area (Å²) in [5.74, 6) is 1.50. The summed E-state index contributed by atoms with van der Waals surface area (Å²) in [4.78, 5) is 18.7. The van der Waals surface area contributed by atoms with Gasteiger partial charge >= 0.3 is 0 Å². The van der Waals surface area contributed by atoms with Gasteiger partial charge < -0.3 is 5.73 Å². The highest BCUT2D eigenvalue weighted by atomic mass is 15.1. The molecule has 0 aromatic carbocycles. The van der Waals surface area contributed by atoms with Crippen LogP contribution in [0, 0.1) is 13.8 Å². The highest BCUT2D eigenvalue weighted by Gasteiger charge is 2.02. The van der Waals surface area contributed by atoms with Crippen molar-refractivity contribution < 1.29 is 0 Å². The van der Waals surface area contributed by atoms with Gasteiger partial charge in [0, 0.05) is 41.3 Å². The third-order valence-corrected chi connectivity index (χ3v) is 2.83. The van der Waals surface area contributed by atoms with Gasteiger partial charge in [0.05, 0.1) is 6.04 Å². The zero-order valence-corrected chi connectivity index (χ0v) is 13.2. The maximum Gasteiger partial charge on any atom is 0.125 e. The smallest absolute Gasteiger partial charge is 0.125 e. The Morgan fingerprint density at radius 1 is 0.955 bits per heavy atom. The molecular weight excluding hydrogens is 280 g/mol. The van der Waals surface area contributed by atoms with Crippen molar-refractivity contribution in [1.29, 1.82) is 0 Å². The molecule has 2 rings (SSSR count). The molecule has 116 valence electrons. The second-order valence-electron chi connectivity index (χ2n) is 4.80. The average molecular weight is 300 g/mol. The lowest BCUT2D eigenvalue weighted by Gasteiger charge is -2.02. The van der Waals surface area contributed by atoms with Gasteiger partial charge in [0.2, 0.25) is 0 Å². The summed E-state index contributed by atoms with van der Waals surface area (Å²) >= 11 is 0. The molecule has 0 saturated carbocycles. The molecule has 0 aliphatic heterocycles. The summed E-state index contributed by atoms with van der Waals surface area (Å²) in [6.45, 7) is 7.37. The van der Waals surface area contributed by atoms with E-state index in [1.807, 2.05) is 20.8 Å². The fourth-order valence-electron chi connectivity index (χ4n) is 1.40. The third-order valence-electron chi connectivity index (χ3n) is 2.83. The zero-order chi connectivity index (χ0) is 16.5. The minimum atomic E-state index is -0.199. The van der Waals surface area contributed by atoms with Crippen LogP contribution in [0.5, 0.6) is 0 Å². The Morgan fingerprint density at radius 3 is 1.73 bits per heavy atom. The molecule has 0 radical (unpaired) electrons. The number of azide groups is 1. The van der Waals surface area contributed by atoms with Crippen LogP contribution in [-0.4, -0.2) is 19.9 Å². The number of nitrogens with zero attached hydrogens (tertiary/aromatic N) is 7. The first-order chi connectivity index (χ1) is 10.4. The lowest BCUT2D eigenvalue weighted by Crippen LogP contribution is -2.06. The van der Waals surface area contributed by atoms with Crippen molar-refractivity contribution in [3.63, 3.8) is 0 Å². The van der Waals surface area contributed by atoms with E-state index in [9.17, 15) is 0 Å². The minimum absolute atomic E-state index is 0.0283. The summed E-state index contributed by atoms with van der Waals surface area (Å²) in [7, 11) is 0. The molecule has 0 saturated heterocycles. The van der Waals surface area contributed by atoms with E-state index >= 15 is 0 Å². The fraction of sp³-hybridized carbons (Fsp3) is 0.429. The second kappa shape index (κ2) is 8.66. The summed E-state index contributed by atoms with van der Waals surface area (Å²) in [5.41, 5.74) is 15.6. The second-order valence-corrected chi connectivity index (χ2v) is 4.80. The molecule has 0 fully saturated rings. The van der Waals surface area contributed by atoms with Gasteiger partial charge in [0.25, 0.3) is 0 Å². The van der Waals surface area contributed by atoms with Gasteiger partial charge in [-0.15, -0.1) is 0 Å². The van der Waals surface area contributed by atoms with E-state index in [1.165, 1.54) is 0 Å². The van der Waals surface area contributed by atoms with Crippen LogP contribution < -0.4 is 5.73 Å². The van der Waals surface area contributed by atoms with Crippen LogP contribution in [0.4, 0.5) is 0 Å². The van der Waals surface area contributed by atoms with E-state index in [-0.39, 0.29) is 12.1 Å². The van der Waals surface area contributed by atoms with Gasteiger partial charge in [-0.2, -0.15) is 0 Å². The van der Waals surface area contributed by atoms with Gasteiger partial charge in [-0.1, -0.05) is 12.0 Å². The van der Waals surface area contributed by atoms with Crippen molar-refractivity contribution in [3.05, 3.63) is 58.0 Å². The predicted octanol–water partition coefficient (Wildman–Crippen LogP) is 2.96. The van der Waals surface area contributed by atoms with Crippen LogP contribution >= 0.6 is 0 Å². The lowest BCUT2D eigenvalue weighted by atomic mass is 10.2. The Hall–Kier alpha value is -2.57. The molecule has 2 N–H and O–H groups in total. The van der Waals surface area contributed by atoms with E-state index in [0.29, 0.717) is 5.82 Å². The fourth-order valence-corrected chi connectivity index (χ4v) is 1.40. The van der Waals surface area contributed by atoms with E-state index in [4.69, 9.17) is 11.3 Å². The Kier molecular flexibility index (Phi) is 6.88. The number of hydrogen-bond acceptors (Lipinski definition) is 6. The largest absolute Gasteiger partial charge is 0.324 e. The molecule has 8 heteroatoms. The van der Waals surface area contributed by atoms with E-state index < -0.39 is 0 Å². The topological polar surface area (TPSA) is 126 Å². The maximum atomic E-state index is 8.17. The summed E-state index contributed by atoms with van der Waals surface area (Å²) in [6.07, 6.45) is 6.85. The van der Waals surface area contributed by atoms with Gasteiger partial charge in [-0.05, 0) is 31.9 Å². The van der Waals surface area contributed by atoms with Crippen molar-refractivity contribution in [2.75, 3.05) is 0 Å². The Bertz CT molecular complexity index is 614. The summed E-state index contributed by atoms with van der Waals surface area (Å²) in [5, 5.41) is 3.53. The lowest BCUT2D eigenvalue weighted by molar-refractivity contribution is 0.788. The normalized spacial score (nSPS) is 12.4. The number of aryl methyl sites for hydroxylation is 2. The maximum absolute atomic E-state index is 8.17. The quantitative estimate of drug-likeness (QED) is 0.529. The van der Waals surface area contributed by atoms with Crippen LogP contribution in [0.3, 0.4) is 0 Å². The highest BCUT2D eigenvalue weighted by Crippen LogP contribution is 2.13. The molecule has 8 nitrogen and oxygen atoms in total. The standard InChI is InChI=1S/C7H9N5.C7H11N3/c1-5(11-12-8)7-3-9-6(2)10-4-7;1-5(8)7-3-9-6(2)10-4-7/h3-5H,1-2H3;3-5H,8H2,1-2H3. The SMILES string of the molecule is Cc1ncc(C(C)N)cn1.Cc1ncc(C(C)N=[N+]=[N-])cn1. The zero-order valence-electron chi connectivity index (χ0n) is 13.2. The van der Waals surface area contributed by atoms with Crippen molar-refractivity contribution in [2.24, 2.45) is 10.8 Å². The molecule has 22 heavy (non-hydrogen) atoms. The Morgan fingerprint density at radius 2 is 1.36 bits per heavy atom. The van der Waals surface area contributed by atoms with Crippen LogP contribution in [0.2, 0.25) is 0 Å². The molecule has 2 heterocycles. The molecule has 0 aliphatic rings. The van der Waals surface area contributed by atoms with E-state index in [0.717, 1.165) is 17.0 Å². The molecule has 0 aliphatic carbocycles. The molecule has 2 aromatic heterocycles. The number of nitrogens with two attached hydrogens (primary N) is 1. The molecule has 2 unspecified atom stereocenters. The van der Waals surface area contributed by atoms with Crippen LogP contribution in [0.1, 0.15) is 48.7 Å². The summed E-state index contributed by atoms with van der Waals surface area (Å²) in [6, 6.07) is -0.170. The summed E-state index contributed by atoms with van der Waals surface area (Å²) < 4.78 is 0. The Labute approximate surface area is 129 Å². The average Bonchev–Trinajstić information content (AvgIpc) is 2.49. The first-order valence-electron chi connectivity index (χ1n) is 6.81. The van der Waals surface area contributed by atoms with Gasteiger partial charge in [0.1, 0.15) is 11.6 Å². The molecule has 0 amide bonds. The molecular formula is C14H20N8. The number of rotatable bonds is 3. The van der Waals surface area contributed by atoms with Crippen molar-refractivity contribution in [1.82, 2.24) is 19.9 Å². The van der Waals surface area contributed by atoms with Crippen LogP contribution in [0.25, 0.3) is 10.4 Å². The van der Waals surface area contributed by atoms with Gasteiger partial charge in [-0.3, -0.25) is 0 Å². The van der Waals surface area contributed by atoms with Gasteiger partial charge in [-0.25, -0.2) is 19.9 Å². The van der Waals surface area contributed by atoms with Crippen LogP contribution in [0.15, 0.2) is 29.9 Å². The number of hydrogen-bond donors (Lipinski definition) is 1. The first-order valence-corrected chi connectivity index (χ1v) is 6.81. The predicted molar refractivity (Wildman–Crippen MR) is 83.7 cm³/mol. The van der Waals surface area contributed by atoms with E-state index in [2.05, 4.69) is 30.0 Å². The molecule has 0 bridgehead atoms. The van der Waals surface area contributed by atoms with Gasteiger partial charge in [0.15, 0.2) is 0 Å². The Balaban J connectivity index is 0.000000224. The highest BCUT2D eigenvalue weighted by molar-refractivity contribution is 5.09. The molecule has 2 aromatic rings. The van der Waals surface area contributed by atoms with E-state index in [1.54, 1.807) is 31.7 Å². The first kappa shape index (κ1) is 17.5.